The summed E-state index contributed by atoms with van der Waals surface area (Å²) in [7, 11) is 1.89. The minimum absolute atomic E-state index is 0.307. The molecule has 0 aromatic rings. The fraction of sp³-hybridized carbons (Fsp3) is 0.950. The Hall–Kier alpha value is -0.690. The molecule has 0 saturated carbocycles. The van der Waals surface area contributed by atoms with E-state index in [-0.39, 0.29) is 17.9 Å². The molecule has 26 heavy (non-hydrogen) atoms. The van der Waals surface area contributed by atoms with Crippen molar-refractivity contribution in [3.8, 4) is 0 Å². The Bertz CT molecular complexity index is 451. The molecule has 1 heterocycles. The van der Waals surface area contributed by atoms with Crippen molar-refractivity contribution in [2.45, 2.75) is 103 Å². The normalized spacial score (nSPS) is 42.6. The predicted molar refractivity (Wildman–Crippen MR) is 102 cm³/mol. The van der Waals surface area contributed by atoms with E-state index in [1.165, 1.54) is 6.92 Å². The first-order valence-electron chi connectivity index (χ1n) is 9.96. The standard InChI is InChI=1S/C20H39NO5/c1-7-16-20(5,25)17(22)15(3)21(6)13-9-12-19(4,24)11-8-10-14(2)18(23)26-16/h14-17,22,24-25H,7-13H2,1-6H3/t14-,15-,16+,17-,19?,20-/m1/s1. The molecule has 0 aromatic heterocycles. The Balaban J connectivity index is 3.04. The van der Waals surface area contributed by atoms with Crippen LogP contribution in [-0.2, 0) is 9.53 Å². The molecule has 1 rings (SSSR count). The second kappa shape index (κ2) is 9.49. The lowest BCUT2D eigenvalue weighted by Crippen LogP contribution is -2.58. The first kappa shape index (κ1) is 23.3. The molecule has 1 saturated heterocycles. The van der Waals surface area contributed by atoms with Crippen LogP contribution in [0.25, 0.3) is 0 Å². The average Bonchev–Trinajstić information content (AvgIpc) is 2.56. The van der Waals surface area contributed by atoms with Gasteiger partial charge in [-0.05, 0) is 72.9 Å². The first-order chi connectivity index (χ1) is 11.9. The van der Waals surface area contributed by atoms with Crippen LogP contribution in [0.3, 0.4) is 0 Å². The van der Waals surface area contributed by atoms with E-state index in [9.17, 15) is 20.1 Å². The fourth-order valence-corrected chi connectivity index (χ4v) is 3.74. The molecule has 0 spiro atoms. The van der Waals surface area contributed by atoms with E-state index in [2.05, 4.69) is 0 Å². The van der Waals surface area contributed by atoms with Crippen LogP contribution in [0.1, 0.15) is 73.1 Å². The fourth-order valence-electron chi connectivity index (χ4n) is 3.74. The van der Waals surface area contributed by atoms with Gasteiger partial charge in [-0.3, -0.25) is 4.79 Å². The van der Waals surface area contributed by atoms with Crippen molar-refractivity contribution in [2.75, 3.05) is 13.6 Å². The van der Waals surface area contributed by atoms with Crippen LogP contribution >= 0.6 is 0 Å². The van der Waals surface area contributed by atoms with Gasteiger partial charge < -0.3 is 25.0 Å². The van der Waals surface area contributed by atoms with Crippen LogP contribution in [0.5, 0.6) is 0 Å². The van der Waals surface area contributed by atoms with Crippen LogP contribution in [0.4, 0.5) is 0 Å². The molecule has 0 radical (unpaired) electrons. The smallest absolute Gasteiger partial charge is 0.309 e. The molecule has 1 aliphatic rings. The van der Waals surface area contributed by atoms with Crippen LogP contribution in [0, 0.1) is 5.92 Å². The summed E-state index contributed by atoms with van der Waals surface area (Å²) in [5.41, 5.74) is -2.30. The lowest BCUT2D eigenvalue weighted by molar-refractivity contribution is -0.189. The van der Waals surface area contributed by atoms with Gasteiger partial charge in [0.25, 0.3) is 0 Å². The van der Waals surface area contributed by atoms with Gasteiger partial charge in [-0.25, -0.2) is 0 Å². The number of esters is 1. The van der Waals surface area contributed by atoms with Crippen molar-refractivity contribution in [3.05, 3.63) is 0 Å². The monoisotopic (exact) mass is 373 g/mol. The Morgan fingerprint density at radius 2 is 1.77 bits per heavy atom. The quantitative estimate of drug-likeness (QED) is 0.610. The maximum absolute atomic E-state index is 12.4. The van der Waals surface area contributed by atoms with Gasteiger partial charge in [0.2, 0.25) is 0 Å². The third kappa shape index (κ3) is 6.19. The molecule has 154 valence electrons. The number of likely N-dealkylation sites (N-methyl/N-ethyl adjacent to an activating group) is 1. The Kier molecular flexibility index (Phi) is 8.52. The van der Waals surface area contributed by atoms with Gasteiger partial charge in [-0.15, -0.1) is 0 Å². The van der Waals surface area contributed by atoms with Crippen molar-refractivity contribution in [3.63, 3.8) is 0 Å². The highest BCUT2D eigenvalue weighted by molar-refractivity contribution is 5.72. The van der Waals surface area contributed by atoms with Gasteiger partial charge in [0, 0.05) is 6.04 Å². The molecule has 1 unspecified atom stereocenters. The Labute approximate surface area is 158 Å². The van der Waals surface area contributed by atoms with E-state index in [1.807, 2.05) is 39.6 Å². The molecule has 6 atom stereocenters. The molecule has 1 fully saturated rings. The van der Waals surface area contributed by atoms with Crippen LogP contribution in [0.15, 0.2) is 0 Å². The maximum atomic E-state index is 12.4. The number of nitrogens with zero attached hydrogens (tertiary/aromatic N) is 1. The van der Waals surface area contributed by atoms with E-state index in [1.54, 1.807) is 0 Å². The predicted octanol–water partition coefficient (Wildman–Crippen LogP) is 2.09. The van der Waals surface area contributed by atoms with Crippen molar-refractivity contribution >= 4 is 5.97 Å². The number of aliphatic hydroxyl groups is 3. The SMILES string of the molecule is CC[C@@H]1OC(=O)[C@H](C)CCCC(C)(O)CCCN(C)[C@H](C)[C@@H](O)[C@]1(C)O. The number of hydrogen-bond donors (Lipinski definition) is 3. The highest BCUT2D eigenvalue weighted by Crippen LogP contribution is 2.28. The van der Waals surface area contributed by atoms with Crippen LogP contribution < -0.4 is 0 Å². The van der Waals surface area contributed by atoms with Crippen molar-refractivity contribution in [2.24, 2.45) is 5.92 Å². The zero-order chi connectivity index (χ0) is 20.1. The van der Waals surface area contributed by atoms with Gasteiger partial charge in [-0.2, -0.15) is 0 Å². The highest BCUT2D eigenvalue weighted by atomic mass is 16.6. The molecule has 1 aliphatic heterocycles. The number of carbonyl (C=O) groups is 1. The molecular weight excluding hydrogens is 334 g/mol. The summed E-state index contributed by atoms with van der Waals surface area (Å²) < 4.78 is 5.58. The Morgan fingerprint density at radius 1 is 1.19 bits per heavy atom. The van der Waals surface area contributed by atoms with Gasteiger partial charge in [-0.1, -0.05) is 13.8 Å². The zero-order valence-electron chi connectivity index (χ0n) is 17.4. The molecule has 0 amide bonds. The van der Waals surface area contributed by atoms with E-state index in [0.29, 0.717) is 32.2 Å². The van der Waals surface area contributed by atoms with Gasteiger partial charge in [0.15, 0.2) is 0 Å². The summed E-state index contributed by atoms with van der Waals surface area (Å²) in [5.74, 6) is -0.669. The molecule has 0 aliphatic carbocycles. The summed E-state index contributed by atoms with van der Waals surface area (Å²) in [6, 6.07) is -0.315. The third-order valence-electron chi connectivity index (χ3n) is 6.01. The number of ether oxygens (including phenoxy) is 1. The minimum atomic E-state index is -1.54. The second-order valence-corrected chi connectivity index (χ2v) is 8.62. The summed E-state index contributed by atoms with van der Waals surface area (Å²) in [5, 5.41) is 32.3. The van der Waals surface area contributed by atoms with E-state index in [4.69, 9.17) is 4.74 Å². The van der Waals surface area contributed by atoms with Crippen molar-refractivity contribution < 1.29 is 24.9 Å². The zero-order valence-corrected chi connectivity index (χ0v) is 17.4. The van der Waals surface area contributed by atoms with Crippen molar-refractivity contribution in [1.29, 1.82) is 0 Å². The maximum Gasteiger partial charge on any atom is 0.309 e. The number of rotatable bonds is 1. The minimum Gasteiger partial charge on any atom is -0.459 e. The van der Waals surface area contributed by atoms with Crippen LogP contribution in [-0.4, -0.2) is 69.2 Å². The molecular formula is C20H39NO5. The topological polar surface area (TPSA) is 90.2 Å². The van der Waals surface area contributed by atoms with Crippen molar-refractivity contribution in [1.82, 2.24) is 4.90 Å². The summed E-state index contributed by atoms with van der Waals surface area (Å²) >= 11 is 0. The lowest BCUT2D eigenvalue weighted by Gasteiger charge is -2.41. The number of aliphatic hydroxyl groups excluding tert-OH is 1. The third-order valence-corrected chi connectivity index (χ3v) is 6.01. The largest absolute Gasteiger partial charge is 0.459 e. The van der Waals surface area contributed by atoms with Crippen LogP contribution in [0.2, 0.25) is 0 Å². The first-order valence-corrected chi connectivity index (χ1v) is 9.96. The van der Waals surface area contributed by atoms with Gasteiger partial charge >= 0.3 is 5.97 Å². The number of hydrogen-bond acceptors (Lipinski definition) is 6. The molecule has 0 bridgehead atoms. The summed E-state index contributed by atoms with van der Waals surface area (Å²) in [6.07, 6.45) is 2.06. The number of carbonyl (C=O) groups excluding carboxylic acids is 1. The molecule has 3 N–H and O–H groups in total. The summed E-state index contributed by atoms with van der Waals surface area (Å²) in [6.45, 7) is 9.58. The molecule has 6 heteroatoms. The molecule has 6 nitrogen and oxygen atoms in total. The number of cyclic esters (lactones) is 1. The van der Waals surface area contributed by atoms with E-state index in [0.717, 1.165) is 12.8 Å². The summed E-state index contributed by atoms with van der Waals surface area (Å²) in [4.78, 5) is 14.4. The Morgan fingerprint density at radius 3 is 2.35 bits per heavy atom. The van der Waals surface area contributed by atoms with Gasteiger partial charge in [0.1, 0.15) is 17.8 Å². The van der Waals surface area contributed by atoms with Gasteiger partial charge in [0.05, 0.1) is 11.5 Å². The van der Waals surface area contributed by atoms with E-state index >= 15 is 0 Å². The molecule has 0 aromatic carbocycles. The lowest BCUT2D eigenvalue weighted by atomic mass is 9.86. The average molecular weight is 374 g/mol. The second-order valence-electron chi connectivity index (χ2n) is 8.62. The van der Waals surface area contributed by atoms with E-state index < -0.39 is 23.4 Å². The highest BCUT2D eigenvalue weighted by Gasteiger charge is 2.44.